The summed E-state index contributed by atoms with van der Waals surface area (Å²) < 4.78 is 0. The van der Waals surface area contributed by atoms with Gasteiger partial charge in [-0.25, -0.2) is 4.79 Å². The maximum absolute atomic E-state index is 11.6. The summed E-state index contributed by atoms with van der Waals surface area (Å²) in [6.45, 7) is 2.54. The first-order valence-corrected chi connectivity index (χ1v) is 5.41. The van der Waals surface area contributed by atoms with E-state index in [0.717, 1.165) is 12.1 Å². The normalized spacial score (nSPS) is 16.2. The lowest BCUT2D eigenvalue weighted by atomic mass is 10.1. The van der Waals surface area contributed by atoms with Crippen LogP contribution in [-0.2, 0) is 11.2 Å². The van der Waals surface area contributed by atoms with E-state index in [2.05, 4.69) is 12.2 Å². The number of hydrogen-bond acceptors (Lipinski definition) is 2. The molecule has 86 valence electrons. The van der Waals surface area contributed by atoms with Gasteiger partial charge in [-0.15, -0.1) is 0 Å². The van der Waals surface area contributed by atoms with E-state index in [1.54, 1.807) is 4.90 Å². The van der Waals surface area contributed by atoms with E-state index in [9.17, 15) is 9.59 Å². The number of hydrogen-bond donors (Lipinski definition) is 1. The minimum absolute atomic E-state index is 0. The van der Waals surface area contributed by atoms with Crippen LogP contribution in [0.2, 0.25) is 0 Å². The molecule has 16 heavy (non-hydrogen) atoms. The first-order valence-electron chi connectivity index (χ1n) is 5.41. The molecule has 1 saturated heterocycles. The second-order valence-corrected chi connectivity index (χ2v) is 3.77. The Hall–Kier alpha value is -1.84. The Bertz CT molecular complexity index is 417. The highest BCUT2D eigenvalue weighted by molar-refractivity contribution is 6.05. The Morgan fingerprint density at radius 2 is 2.00 bits per heavy atom. The smallest absolute Gasteiger partial charge is 0.294 e. The molecule has 1 fully saturated rings. The van der Waals surface area contributed by atoms with Gasteiger partial charge in [0.15, 0.2) is 0 Å². The fraction of sp³-hybridized carbons (Fsp3) is 0.333. The Balaban J connectivity index is 0.00000144. The second-order valence-electron chi connectivity index (χ2n) is 3.77. The zero-order valence-electron chi connectivity index (χ0n) is 9.19. The largest absolute Gasteiger partial charge is 0.328 e. The highest BCUT2D eigenvalue weighted by Gasteiger charge is 2.23. The number of urea groups is 1. The molecular weight excluding hydrogens is 204 g/mol. The van der Waals surface area contributed by atoms with Gasteiger partial charge in [-0.2, -0.15) is 0 Å². The molecule has 0 aliphatic carbocycles. The Labute approximate surface area is 95.7 Å². The zero-order valence-corrected chi connectivity index (χ0v) is 9.19. The van der Waals surface area contributed by atoms with Crippen molar-refractivity contribution in [2.75, 3.05) is 11.4 Å². The van der Waals surface area contributed by atoms with Crippen molar-refractivity contribution in [3.05, 3.63) is 29.8 Å². The maximum atomic E-state index is 11.6. The number of rotatable bonds is 2. The summed E-state index contributed by atoms with van der Waals surface area (Å²) in [5.74, 6) is -0.202. The lowest BCUT2D eigenvalue weighted by molar-refractivity contribution is -0.120. The van der Waals surface area contributed by atoms with Gasteiger partial charge >= 0.3 is 6.03 Å². The molecule has 1 aromatic rings. The summed E-state index contributed by atoms with van der Waals surface area (Å²) in [6, 6.07) is 7.49. The fourth-order valence-corrected chi connectivity index (χ4v) is 1.72. The molecule has 2 rings (SSSR count). The number of carbonyl (C=O) groups excluding carboxylic acids is 2. The van der Waals surface area contributed by atoms with Crippen molar-refractivity contribution in [2.45, 2.75) is 19.8 Å². The van der Waals surface area contributed by atoms with Crippen molar-refractivity contribution < 1.29 is 11.0 Å². The predicted molar refractivity (Wildman–Crippen MR) is 63.4 cm³/mol. The van der Waals surface area contributed by atoms with Crippen LogP contribution < -0.4 is 10.2 Å². The molecule has 1 aromatic carbocycles. The highest BCUT2D eigenvalue weighted by Crippen LogP contribution is 2.17. The number of nitrogens with zero attached hydrogens (tertiary/aromatic N) is 1. The zero-order chi connectivity index (χ0) is 11.5. The summed E-state index contributed by atoms with van der Waals surface area (Å²) >= 11 is 0. The van der Waals surface area contributed by atoms with Crippen LogP contribution in [0.5, 0.6) is 0 Å². The molecule has 1 aliphatic heterocycles. The number of amides is 3. The molecule has 0 radical (unpaired) electrons. The summed E-state index contributed by atoms with van der Waals surface area (Å²) in [4.78, 5) is 24.1. The quantitative estimate of drug-likeness (QED) is 0.828. The van der Waals surface area contributed by atoms with Gasteiger partial charge in [0.2, 0.25) is 5.91 Å². The molecular formula is C12H16N2O2. The van der Waals surface area contributed by atoms with Crippen molar-refractivity contribution >= 4 is 17.6 Å². The van der Waals surface area contributed by atoms with Gasteiger partial charge < -0.3 is 0 Å². The standard InChI is InChI=1S/C12H14N2O2.H2/c1-2-9-3-5-10(6-4-9)14-8-7-11(15)13-12(14)16;/h3-6H,2,7-8H2,1H3,(H,13,15,16);1H. The number of imide groups is 1. The summed E-state index contributed by atoms with van der Waals surface area (Å²) in [5, 5.41) is 2.30. The van der Waals surface area contributed by atoms with E-state index in [1.165, 1.54) is 5.56 Å². The van der Waals surface area contributed by atoms with E-state index < -0.39 is 0 Å². The number of anilines is 1. The molecule has 1 aliphatic rings. The molecule has 0 bridgehead atoms. The lowest BCUT2D eigenvalue weighted by Gasteiger charge is -2.26. The summed E-state index contributed by atoms with van der Waals surface area (Å²) in [6.07, 6.45) is 1.34. The molecule has 0 aromatic heterocycles. The third-order valence-corrected chi connectivity index (χ3v) is 2.71. The summed E-state index contributed by atoms with van der Waals surface area (Å²) in [5.41, 5.74) is 2.07. The first kappa shape index (κ1) is 10.7. The Morgan fingerprint density at radius 3 is 2.56 bits per heavy atom. The summed E-state index contributed by atoms with van der Waals surface area (Å²) in [7, 11) is 0. The maximum Gasteiger partial charge on any atom is 0.328 e. The van der Waals surface area contributed by atoms with E-state index in [1.807, 2.05) is 24.3 Å². The van der Waals surface area contributed by atoms with Crippen LogP contribution in [0.15, 0.2) is 24.3 Å². The van der Waals surface area contributed by atoms with Crippen molar-refractivity contribution in [3.8, 4) is 0 Å². The minimum Gasteiger partial charge on any atom is -0.294 e. The molecule has 4 heteroatoms. The molecule has 3 amide bonds. The lowest BCUT2D eigenvalue weighted by Crippen LogP contribution is -2.49. The van der Waals surface area contributed by atoms with Crippen molar-refractivity contribution in [3.63, 3.8) is 0 Å². The monoisotopic (exact) mass is 220 g/mol. The van der Waals surface area contributed by atoms with E-state index in [-0.39, 0.29) is 13.4 Å². The van der Waals surface area contributed by atoms with Crippen LogP contribution in [-0.4, -0.2) is 18.5 Å². The van der Waals surface area contributed by atoms with Crippen molar-refractivity contribution in [1.29, 1.82) is 0 Å². The number of aryl methyl sites for hydroxylation is 1. The van der Waals surface area contributed by atoms with Crippen LogP contribution in [0.25, 0.3) is 0 Å². The molecule has 0 unspecified atom stereocenters. The predicted octanol–water partition coefficient (Wildman–Crippen LogP) is 1.94. The van der Waals surface area contributed by atoms with Gasteiger partial charge in [0.05, 0.1) is 0 Å². The van der Waals surface area contributed by atoms with Crippen LogP contribution >= 0.6 is 0 Å². The molecule has 0 spiro atoms. The molecule has 1 heterocycles. The molecule has 4 nitrogen and oxygen atoms in total. The number of carbonyl (C=O) groups is 2. The van der Waals surface area contributed by atoms with Gasteiger partial charge in [0.1, 0.15) is 0 Å². The van der Waals surface area contributed by atoms with E-state index >= 15 is 0 Å². The van der Waals surface area contributed by atoms with Gasteiger partial charge in [0, 0.05) is 20.1 Å². The van der Waals surface area contributed by atoms with Crippen molar-refractivity contribution in [1.82, 2.24) is 5.32 Å². The highest BCUT2D eigenvalue weighted by atomic mass is 16.2. The average Bonchev–Trinajstić information content (AvgIpc) is 2.29. The Kier molecular flexibility index (Phi) is 2.90. The van der Waals surface area contributed by atoms with Gasteiger partial charge in [-0.05, 0) is 24.1 Å². The van der Waals surface area contributed by atoms with Crippen LogP contribution in [0.3, 0.4) is 0 Å². The Morgan fingerprint density at radius 1 is 1.31 bits per heavy atom. The van der Waals surface area contributed by atoms with Crippen molar-refractivity contribution in [2.24, 2.45) is 0 Å². The fourth-order valence-electron chi connectivity index (χ4n) is 1.72. The molecule has 0 saturated carbocycles. The van der Waals surface area contributed by atoms with Gasteiger partial charge in [-0.1, -0.05) is 19.1 Å². The molecule has 1 N–H and O–H groups in total. The van der Waals surface area contributed by atoms with E-state index in [4.69, 9.17) is 0 Å². The van der Waals surface area contributed by atoms with Crippen LogP contribution in [0.1, 0.15) is 20.3 Å². The van der Waals surface area contributed by atoms with Crippen LogP contribution in [0, 0.1) is 0 Å². The second kappa shape index (κ2) is 4.35. The number of nitrogens with one attached hydrogen (secondary N) is 1. The SMILES string of the molecule is CCc1ccc(N2CCC(=O)NC2=O)cc1.[HH]. The third kappa shape index (κ3) is 2.05. The van der Waals surface area contributed by atoms with E-state index in [0.29, 0.717) is 13.0 Å². The van der Waals surface area contributed by atoms with Gasteiger partial charge in [0.25, 0.3) is 0 Å². The number of benzene rings is 1. The van der Waals surface area contributed by atoms with Gasteiger partial charge in [-0.3, -0.25) is 15.0 Å². The van der Waals surface area contributed by atoms with Crippen LogP contribution in [0.4, 0.5) is 10.5 Å². The molecule has 0 atom stereocenters. The first-order chi connectivity index (χ1) is 7.70. The third-order valence-electron chi connectivity index (χ3n) is 2.71. The average molecular weight is 220 g/mol. The topological polar surface area (TPSA) is 49.4 Å². The minimum atomic E-state index is -0.333.